The van der Waals surface area contributed by atoms with Crippen LogP contribution in [-0.4, -0.2) is 35.7 Å². The van der Waals surface area contributed by atoms with Gasteiger partial charge in [0.2, 0.25) is 0 Å². The number of aliphatic hydroxyl groups excluding tert-OH is 1. The first-order chi connectivity index (χ1) is 8.17. The average Bonchev–Trinajstić information content (AvgIpc) is 2.33. The molecule has 0 aliphatic rings. The van der Waals surface area contributed by atoms with Gasteiger partial charge in [-0.3, -0.25) is 0 Å². The van der Waals surface area contributed by atoms with Crippen molar-refractivity contribution in [3.63, 3.8) is 0 Å². The van der Waals surface area contributed by atoms with Gasteiger partial charge in [-0.25, -0.2) is 4.79 Å². The summed E-state index contributed by atoms with van der Waals surface area (Å²) in [6.45, 7) is 5.24. The molecule has 0 saturated heterocycles. The quantitative estimate of drug-likeness (QED) is 0.823. The van der Waals surface area contributed by atoms with Crippen molar-refractivity contribution in [3.8, 4) is 0 Å². The van der Waals surface area contributed by atoms with Crippen LogP contribution in [0.4, 0.5) is 10.5 Å². The van der Waals surface area contributed by atoms with Crippen LogP contribution >= 0.6 is 0 Å². The maximum atomic E-state index is 11.9. The third-order valence-corrected chi connectivity index (χ3v) is 2.56. The summed E-state index contributed by atoms with van der Waals surface area (Å²) in [5.74, 6) is 0. The molecule has 4 nitrogen and oxygen atoms in total. The van der Waals surface area contributed by atoms with Gasteiger partial charge >= 0.3 is 6.03 Å². The number of anilines is 1. The maximum Gasteiger partial charge on any atom is 0.321 e. The summed E-state index contributed by atoms with van der Waals surface area (Å²) < 4.78 is 0. The number of amides is 2. The van der Waals surface area contributed by atoms with E-state index in [1.165, 1.54) is 0 Å². The van der Waals surface area contributed by atoms with Crippen LogP contribution in [-0.2, 0) is 0 Å². The van der Waals surface area contributed by atoms with Crippen molar-refractivity contribution in [2.24, 2.45) is 0 Å². The molecular formula is C13H20N2O2. The molecule has 1 aromatic rings. The SMILES string of the molecule is CCN(CCCO)C(=O)Nc1ccc(C)cc1. The molecule has 1 aromatic carbocycles. The normalized spacial score (nSPS) is 10.1. The van der Waals surface area contributed by atoms with Gasteiger partial charge in [0.05, 0.1) is 0 Å². The molecule has 0 spiro atoms. The Morgan fingerprint density at radius 1 is 1.35 bits per heavy atom. The summed E-state index contributed by atoms with van der Waals surface area (Å²) in [4.78, 5) is 13.5. The molecule has 0 aliphatic carbocycles. The molecule has 0 aromatic heterocycles. The maximum absolute atomic E-state index is 11.9. The Kier molecular flexibility index (Phi) is 5.49. The minimum absolute atomic E-state index is 0.105. The second-order valence-electron chi connectivity index (χ2n) is 3.95. The first-order valence-electron chi connectivity index (χ1n) is 5.90. The Bertz CT molecular complexity index is 349. The third-order valence-electron chi connectivity index (χ3n) is 2.56. The summed E-state index contributed by atoms with van der Waals surface area (Å²) >= 11 is 0. The van der Waals surface area contributed by atoms with Gasteiger partial charge in [0.15, 0.2) is 0 Å². The van der Waals surface area contributed by atoms with Crippen LogP contribution in [0, 0.1) is 6.92 Å². The molecule has 0 fully saturated rings. The van der Waals surface area contributed by atoms with Crippen molar-refractivity contribution >= 4 is 11.7 Å². The van der Waals surface area contributed by atoms with Gasteiger partial charge < -0.3 is 15.3 Å². The molecule has 2 amide bonds. The molecule has 0 aliphatic heterocycles. The topological polar surface area (TPSA) is 52.6 Å². The predicted octanol–water partition coefficient (Wildman–Crippen LogP) is 2.23. The number of benzene rings is 1. The third kappa shape index (κ3) is 4.44. The minimum Gasteiger partial charge on any atom is -0.396 e. The zero-order valence-electron chi connectivity index (χ0n) is 10.4. The Labute approximate surface area is 102 Å². The Morgan fingerprint density at radius 2 is 2.00 bits per heavy atom. The Morgan fingerprint density at radius 3 is 2.53 bits per heavy atom. The number of carbonyl (C=O) groups is 1. The molecule has 0 radical (unpaired) electrons. The number of carbonyl (C=O) groups excluding carboxylic acids is 1. The zero-order valence-corrected chi connectivity index (χ0v) is 10.4. The molecule has 94 valence electrons. The van der Waals surface area contributed by atoms with Crippen molar-refractivity contribution in [2.75, 3.05) is 25.0 Å². The molecular weight excluding hydrogens is 216 g/mol. The molecule has 2 N–H and O–H groups in total. The first kappa shape index (κ1) is 13.5. The molecule has 0 unspecified atom stereocenters. The smallest absolute Gasteiger partial charge is 0.321 e. The zero-order chi connectivity index (χ0) is 12.7. The number of nitrogens with one attached hydrogen (secondary N) is 1. The monoisotopic (exact) mass is 236 g/mol. The Balaban J connectivity index is 2.54. The fourth-order valence-corrected chi connectivity index (χ4v) is 1.50. The van der Waals surface area contributed by atoms with Crippen molar-refractivity contribution in [1.29, 1.82) is 0 Å². The van der Waals surface area contributed by atoms with Crippen molar-refractivity contribution in [2.45, 2.75) is 20.3 Å². The van der Waals surface area contributed by atoms with Crippen LogP contribution < -0.4 is 5.32 Å². The standard InChI is InChI=1S/C13H20N2O2/c1-3-15(9-4-10-16)13(17)14-12-7-5-11(2)6-8-12/h5-8,16H,3-4,9-10H2,1-2H3,(H,14,17). The van der Waals surface area contributed by atoms with Gasteiger partial charge in [-0.1, -0.05) is 17.7 Å². The number of aryl methyl sites for hydroxylation is 1. The van der Waals surface area contributed by atoms with E-state index in [4.69, 9.17) is 5.11 Å². The summed E-state index contributed by atoms with van der Waals surface area (Å²) in [5, 5.41) is 11.6. The molecule has 4 heteroatoms. The number of rotatable bonds is 5. The second-order valence-corrected chi connectivity index (χ2v) is 3.95. The lowest BCUT2D eigenvalue weighted by molar-refractivity contribution is 0.205. The molecule has 0 saturated carbocycles. The molecule has 17 heavy (non-hydrogen) atoms. The summed E-state index contributed by atoms with van der Waals surface area (Å²) in [6.07, 6.45) is 0.606. The fourth-order valence-electron chi connectivity index (χ4n) is 1.50. The highest BCUT2D eigenvalue weighted by atomic mass is 16.3. The van der Waals surface area contributed by atoms with E-state index in [2.05, 4.69) is 5.32 Å². The number of aliphatic hydroxyl groups is 1. The van der Waals surface area contributed by atoms with Crippen molar-refractivity contribution in [1.82, 2.24) is 4.90 Å². The van der Waals surface area contributed by atoms with E-state index in [9.17, 15) is 4.79 Å². The van der Waals surface area contributed by atoms with Gasteiger partial charge in [0.25, 0.3) is 0 Å². The molecule has 0 bridgehead atoms. The summed E-state index contributed by atoms with van der Waals surface area (Å²) in [6, 6.07) is 7.56. The fraction of sp³-hybridized carbons (Fsp3) is 0.462. The number of nitrogens with zero attached hydrogens (tertiary/aromatic N) is 1. The van der Waals surface area contributed by atoms with Gasteiger partial charge in [-0.05, 0) is 32.4 Å². The highest BCUT2D eigenvalue weighted by Gasteiger charge is 2.10. The van der Waals surface area contributed by atoms with E-state index in [1.54, 1.807) is 4.90 Å². The lowest BCUT2D eigenvalue weighted by Gasteiger charge is -2.20. The largest absolute Gasteiger partial charge is 0.396 e. The molecule has 0 heterocycles. The molecule has 1 rings (SSSR count). The summed E-state index contributed by atoms with van der Waals surface area (Å²) in [7, 11) is 0. The van der Waals surface area contributed by atoms with Crippen LogP contribution in [0.3, 0.4) is 0 Å². The van der Waals surface area contributed by atoms with Crippen molar-refractivity contribution < 1.29 is 9.90 Å². The van der Waals surface area contributed by atoms with E-state index in [-0.39, 0.29) is 12.6 Å². The van der Waals surface area contributed by atoms with E-state index in [0.29, 0.717) is 19.5 Å². The van der Waals surface area contributed by atoms with Gasteiger partial charge in [-0.2, -0.15) is 0 Å². The summed E-state index contributed by atoms with van der Waals surface area (Å²) in [5.41, 5.74) is 1.96. The van der Waals surface area contributed by atoms with Crippen LogP contribution in [0.2, 0.25) is 0 Å². The van der Waals surface area contributed by atoms with Crippen LogP contribution in [0.15, 0.2) is 24.3 Å². The van der Waals surface area contributed by atoms with Crippen LogP contribution in [0.25, 0.3) is 0 Å². The Hall–Kier alpha value is -1.55. The predicted molar refractivity (Wildman–Crippen MR) is 69.1 cm³/mol. The van der Waals surface area contributed by atoms with Gasteiger partial charge in [0.1, 0.15) is 0 Å². The van der Waals surface area contributed by atoms with Crippen LogP contribution in [0.5, 0.6) is 0 Å². The van der Waals surface area contributed by atoms with E-state index in [1.807, 2.05) is 38.1 Å². The lowest BCUT2D eigenvalue weighted by Crippen LogP contribution is -2.35. The van der Waals surface area contributed by atoms with Gasteiger partial charge in [0, 0.05) is 25.4 Å². The van der Waals surface area contributed by atoms with E-state index < -0.39 is 0 Å². The highest BCUT2D eigenvalue weighted by Crippen LogP contribution is 2.09. The van der Waals surface area contributed by atoms with Gasteiger partial charge in [-0.15, -0.1) is 0 Å². The lowest BCUT2D eigenvalue weighted by atomic mass is 10.2. The van der Waals surface area contributed by atoms with E-state index in [0.717, 1.165) is 11.3 Å². The van der Waals surface area contributed by atoms with Crippen molar-refractivity contribution in [3.05, 3.63) is 29.8 Å². The molecule has 0 atom stereocenters. The minimum atomic E-state index is -0.121. The second kappa shape index (κ2) is 6.91. The number of hydrogen-bond acceptors (Lipinski definition) is 2. The average molecular weight is 236 g/mol. The van der Waals surface area contributed by atoms with Crippen LogP contribution in [0.1, 0.15) is 18.9 Å². The number of hydrogen-bond donors (Lipinski definition) is 2. The number of urea groups is 1. The van der Waals surface area contributed by atoms with E-state index >= 15 is 0 Å². The first-order valence-corrected chi connectivity index (χ1v) is 5.90. The highest BCUT2D eigenvalue weighted by molar-refractivity contribution is 5.89.